The summed E-state index contributed by atoms with van der Waals surface area (Å²) in [5.74, 6) is 0.436. The average molecular weight is 315 g/mol. The Bertz CT molecular complexity index is 449. The maximum Gasteiger partial charge on any atom is 0.283 e. The Balaban J connectivity index is 1.92. The molecule has 1 aliphatic rings. The number of benzene rings is 1. The van der Waals surface area contributed by atoms with Crippen LogP contribution < -0.4 is 5.32 Å². The molecule has 0 heterocycles. The van der Waals surface area contributed by atoms with Crippen molar-refractivity contribution < 1.29 is 10.0 Å². The van der Waals surface area contributed by atoms with Crippen LogP contribution in [-0.2, 0) is 6.54 Å². The molecule has 18 heavy (non-hydrogen) atoms. The second-order valence-electron chi connectivity index (χ2n) is 4.54. The van der Waals surface area contributed by atoms with Gasteiger partial charge in [0.15, 0.2) is 0 Å². The van der Waals surface area contributed by atoms with Crippen LogP contribution in [0.15, 0.2) is 22.7 Å². The number of nitro benzene ring substituents is 1. The van der Waals surface area contributed by atoms with Crippen molar-refractivity contribution in [2.75, 3.05) is 6.54 Å². The van der Waals surface area contributed by atoms with E-state index < -0.39 is 4.92 Å². The van der Waals surface area contributed by atoms with Gasteiger partial charge in [-0.1, -0.05) is 12.1 Å². The fourth-order valence-electron chi connectivity index (χ4n) is 1.85. The van der Waals surface area contributed by atoms with E-state index in [0.29, 0.717) is 23.5 Å². The molecule has 1 saturated carbocycles. The fourth-order valence-corrected chi connectivity index (χ4v) is 2.40. The van der Waals surface area contributed by atoms with Gasteiger partial charge in [0.1, 0.15) is 0 Å². The number of rotatable bonds is 6. The second kappa shape index (κ2) is 5.77. The van der Waals surface area contributed by atoms with Gasteiger partial charge in [0.25, 0.3) is 5.69 Å². The lowest BCUT2D eigenvalue weighted by molar-refractivity contribution is -0.385. The summed E-state index contributed by atoms with van der Waals surface area (Å²) in [4.78, 5) is 10.4. The van der Waals surface area contributed by atoms with Gasteiger partial charge >= 0.3 is 0 Å². The standard InChI is InChI=1S/C12H15BrN2O3/c13-12-9(2-1-3-10(12)15(17)18)6-14-7-11(16)8-4-5-8/h1-3,8,11,14,16H,4-7H2. The molecular formula is C12H15BrN2O3. The molecule has 1 aromatic carbocycles. The lowest BCUT2D eigenvalue weighted by Gasteiger charge is -2.11. The highest BCUT2D eigenvalue weighted by Crippen LogP contribution is 2.32. The molecule has 0 spiro atoms. The van der Waals surface area contributed by atoms with Crippen LogP contribution in [0.4, 0.5) is 5.69 Å². The molecular weight excluding hydrogens is 300 g/mol. The van der Waals surface area contributed by atoms with E-state index in [9.17, 15) is 15.2 Å². The smallest absolute Gasteiger partial charge is 0.283 e. The van der Waals surface area contributed by atoms with Crippen LogP contribution in [0, 0.1) is 16.0 Å². The molecule has 1 aliphatic carbocycles. The quantitative estimate of drug-likeness (QED) is 0.623. The third-order valence-corrected chi connectivity index (χ3v) is 4.01. The highest BCUT2D eigenvalue weighted by atomic mass is 79.9. The van der Waals surface area contributed by atoms with Gasteiger partial charge in [0.05, 0.1) is 15.5 Å². The van der Waals surface area contributed by atoms with Gasteiger partial charge in [0.2, 0.25) is 0 Å². The van der Waals surface area contributed by atoms with Gasteiger partial charge in [-0.05, 0) is 40.3 Å². The zero-order chi connectivity index (χ0) is 13.1. The van der Waals surface area contributed by atoms with Crippen LogP contribution in [-0.4, -0.2) is 22.7 Å². The van der Waals surface area contributed by atoms with E-state index in [2.05, 4.69) is 21.2 Å². The minimum atomic E-state index is -0.410. The molecule has 98 valence electrons. The monoisotopic (exact) mass is 314 g/mol. The van der Waals surface area contributed by atoms with E-state index in [4.69, 9.17) is 0 Å². The van der Waals surface area contributed by atoms with Crippen LogP contribution in [0.5, 0.6) is 0 Å². The summed E-state index contributed by atoms with van der Waals surface area (Å²) in [5.41, 5.74) is 0.893. The Morgan fingerprint density at radius 2 is 2.28 bits per heavy atom. The van der Waals surface area contributed by atoms with Gasteiger partial charge in [-0.15, -0.1) is 0 Å². The first-order chi connectivity index (χ1) is 8.59. The van der Waals surface area contributed by atoms with Crippen molar-refractivity contribution >= 4 is 21.6 Å². The molecule has 6 heteroatoms. The van der Waals surface area contributed by atoms with Gasteiger partial charge in [-0.2, -0.15) is 0 Å². The number of hydrogen-bond donors (Lipinski definition) is 2. The van der Waals surface area contributed by atoms with E-state index in [1.807, 2.05) is 6.07 Å². The fraction of sp³-hybridized carbons (Fsp3) is 0.500. The third-order valence-electron chi connectivity index (χ3n) is 3.09. The summed E-state index contributed by atoms with van der Waals surface area (Å²) in [6.45, 7) is 1.03. The normalized spacial score (nSPS) is 16.6. The van der Waals surface area contributed by atoms with Gasteiger partial charge < -0.3 is 10.4 Å². The first-order valence-corrected chi connectivity index (χ1v) is 6.69. The lowest BCUT2D eigenvalue weighted by Crippen LogP contribution is -2.27. The third kappa shape index (κ3) is 3.28. The van der Waals surface area contributed by atoms with Crippen LogP contribution in [0.2, 0.25) is 0 Å². The molecule has 5 nitrogen and oxygen atoms in total. The Labute approximate surface area is 113 Å². The number of aliphatic hydroxyl groups is 1. The predicted molar refractivity (Wildman–Crippen MR) is 71.2 cm³/mol. The first-order valence-electron chi connectivity index (χ1n) is 5.90. The van der Waals surface area contributed by atoms with Gasteiger partial charge in [-0.25, -0.2) is 0 Å². The SMILES string of the molecule is O=[N+]([O-])c1cccc(CNCC(O)C2CC2)c1Br. The molecule has 0 radical (unpaired) electrons. The van der Waals surface area contributed by atoms with Crippen molar-refractivity contribution in [3.05, 3.63) is 38.3 Å². The van der Waals surface area contributed by atoms with Crippen LogP contribution in [0.25, 0.3) is 0 Å². The number of nitrogens with zero attached hydrogens (tertiary/aromatic N) is 1. The van der Waals surface area contributed by atoms with E-state index in [1.54, 1.807) is 6.07 Å². The van der Waals surface area contributed by atoms with Crippen LogP contribution in [0.1, 0.15) is 18.4 Å². The minimum Gasteiger partial charge on any atom is -0.392 e. The molecule has 1 unspecified atom stereocenters. The van der Waals surface area contributed by atoms with Crippen molar-refractivity contribution in [1.82, 2.24) is 5.32 Å². The Kier molecular flexibility index (Phi) is 4.31. The van der Waals surface area contributed by atoms with E-state index in [-0.39, 0.29) is 11.8 Å². The summed E-state index contributed by atoms with van der Waals surface area (Å²) in [7, 11) is 0. The lowest BCUT2D eigenvalue weighted by atomic mass is 10.2. The number of nitrogens with one attached hydrogen (secondary N) is 1. The van der Waals surface area contributed by atoms with Crippen molar-refractivity contribution in [3.8, 4) is 0 Å². The first kappa shape index (κ1) is 13.5. The number of aliphatic hydroxyl groups excluding tert-OH is 1. The molecule has 1 atom stereocenters. The predicted octanol–water partition coefficient (Wildman–Crippen LogP) is 2.22. The summed E-state index contributed by atoms with van der Waals surface area (Å²) in [6, 6.07) is 4.96. The molecule has 0 amide bonds. The van der Waals surface area contributed by atoms with Crippen molar-refractivity contribution in [1.29, 1.82) is 0 Å². The van der Waals surface area contributed by atoms with E-state index in [0.717, 1.165) is 18.4 Å². The summed E-state index contributed by atoms with van der Waals surface area (Å²) in [6.07, 6.45) is 1.90. The average Bonchev–Trinajstić information content (AvgIpc) is 3.14. The molecule has 1 fully saturated rings. The van der Waals surface area contributed by atoms with Gasteiger partial charge in [-0.3, -0.25) is 10.1 Å². The zero-order valence-corrected chi connectivity index (χ0v) is 11.4. The largest absolute Gasteiger partial charge is 0.392 e. The van der Waals surface area contributed by atoms with E-state index >= 15 is 0 Å². The number of halogens is 1. The van der Waals surface area contributed by atoms with Crippen molar-refractivity contribution in [2.24, 2.45) is 5.92 Å². The van der Waals surface area contributed by atoms with Crippen LogP contribution >= 0.6 is 15.9 Å². The van der Waals surface area contributed by atoms with Crippen LogP contribution in [0.3, 0.4) is 0 Å². The summed E-state index contributed by atoms with van der Waals surface area (Å²) < 4.78 is 0.503. The molecule has 0 aromatic heterocycles. The molecule has 0 saturated heterocycles. The minimum absolute atomic E-state index is 0.0667. The van der Waals surface area contributed by atoms with Crippen molar-refractivity contribution in [3.63, 3.8) is 0 Å². The molecule has 2 rings (SSSR count). The summed E-state index contributed by atoms with van der Waals surface area (Å²) in [5, 5.41) is 23.6. The van der Waals surface area contributed by atoms with E-state index in [1.165, 1.54) is 6.07 Å². The highest BCUT2D eigenvalue weighted by molar-refractivity contribution is 9.10. The maximum absolute atomic E-state index is 10.8. The summed E-state index contributed by atoms with van der Waals surface area (Å²) >= 11 is 3.25. The maximum atomic E-state index is 10.8. The highest BCUT2D eigenvalue weighted by Gasteiger charge is 2.29. The molecule has 0 bridgehead atoms. The Morgan fingerprint density at radius 3 is 2.89 bits per heavy atom. The molecule has 0 aliphatic heterocycles. The zero-order valence-electron chi connectivity index (χ0n) is 9.80. The number of nitro groups is 1. The Hall–Kier alpha value is -0.980. The molecule has 1 aromatic rings. The number of hydrogen-bond acceptors (Lipinski definition) is 4. The Morgan fingerprint density at radius 1 is 1.56 bits per heavy atom. The topological polar surface area (TPSA) is 75.4 Å². The second-order valence-corrected chi connectivity index (χ2v) is 5.34. The van der Waals surface area contributed by atoms with Crippen molar-refractivity contribution in [2.45, 2.75) is 25.5 Å². The molecule has 2 N–H and O–H groups in total. The van der Waals surface area contributed by atoms with Gasteiger partial charge in [0, 0.05) is 19.2 Å².